The summed E-state index contributed by atoms with van der Waals surface area (Å²) in [6.07, 6.45) is 1.87. The van der Waals surface area contributed by atoms with E-state index in [1.165, 1.54) is 5.92 Å². The van der Waals surface area contributed by atoms with Gasteiger partial charge in [0.05, 0.1) is 6.10 Å². The number of halogens is 1. The first-order chi connectivity index (χ1) is 6.50. The molecular formula is C11H15ClNO. The van der Waals surface area contributed by atoms with Crippen LogP contribution in [0.2, 0.25) is 5.02 Å². The lowest BCUT2D eigenvalue weighted by Crippen LogP contribution is -2.07. The van der Waals surface area contributed by atoms with E-state index in [2.05, 4.69) is 4.98 Å². The highest BCUT2D eigenvalue weighted by atomic mass is 35.5. The lowest BCUT2D eigenvalue weighted by molar-refractivity contribution is 0.233. The van der Waals surface area contributed by atoms with Crippen LogP contribution in [0.15, 0.2) is 12.3 Å². The fourth-order valence-electron chi connectivity index (χ4n) is 1.01. The smallest absolute Gasteiger partial charge is 0.232 e. The summed E-state index contributed by atoms with van der Waals surface area (Å²) in [5.41, 5.74) is 1.05. The van der Waals surface area contributed by atoms with Crippen molar-refractivity contribution in [3.8, 4) is 5.88 Å². The largest absolute Gasteiger partial charge is 0.474 e. The van der Waals surface area contributed by atoms with E-state index in [1.54, 1.807) is 6.20 Å². The Hall–Kier alpha value is -0.760. The van der Waals surface area contributed by atoms with Gasteiger partial charge in [-0.3, -0.25) is 0 Å². The molecule has 0 amide bonds. The van der Waals surface area contributed by atoms with Crippen LogP contribution in [0, 0.1) is 5.92 Å². The Bertz CT molecular complexity index is 310. The molecule has 1 heterocycles. The highest BCUT2D eigenvalue weighted by Gasteiger charge is 2.08. The molecule has 0 N–H and O–H groups in total. The quantitative estimate of drug-likeness (QED) is 0.765. The number of pyridine rings is 1. The van der Waals surface area contributed by atoms with E-state index in [0.29, 0.717) is 10.9 Å². The molecule has 77 valence electrons. The zero-order valence-corrected chi connectivity index (χ0v) is 9.72. The summed E-state index contributed by atoms with van der Waals surface area (Å²) in [6.45, 7) is 7.94. The third-order valence-electron chi connectivity index (χ3n) is 1.73. The summed E-state index contributed by atoms with van der Waals surface area (Å²) < 4.78 is 5.43. The summed E-state index contributed by atoms with van der Waals surface area (Å²) in [5.74, 6) is 1.70. The van der Waals surface area contributed by atoms with Gasteiger partial charge in [0.1, 0.15) is 5.02 Å². The molecular weight excluding hydrogens is 198 g/mol. The van der Waals surface area contributed by atoms with Crippen molar-refractivity contribution in [2.24, 2.45) is 0 Å². The van der Waals surface area contributed by atoms with E-state index >= 15 is 0 Å². The van der Waals surface area contributed by atoms with Crippen LogP contribution in [0.25, 0.3) is 0 Å². The van der Waals surface area contributed by atoms with Crippen LogP contribution in [0.4, 0.5) is 0 Å². The van der Waals surface area contributed by atoms with E-state index in [9.17, 15) is 0 Å². The lowest BCUT2D eigenvalue weighted by atomic mass is 10.1. The number of rotatable bonds is 3. The lowest BCUT2D eigenvalue weighted by Gasteiger charge is -2.11. The number of ether oxygens (including phenoxy) is 1. The predicted molar refractivity (Wildman–Crippen MR) is 58.7 cm³/mol. The Balaban J connectivity index is 2.90. The molecule has 0 spiro atoms. The SMILES string of the molecule is C[C](C)c1cnc(OC(C)C)c(Cl)c1. The Labute approximate surface area is 90.3 Å². The maximum atomic E-state index is 6.02. The molecule has 0 aliphatic rings. The number of nitrogens with zero attached hydrogens (tertiary/aromatic N) is 1. The first-order valence-electron chi connectivity index (χ1n) is 4.63. The molecule has 0 saturated heterocycles. The highest BCUT2D eigenvalue weighted by Crippen LogP contribution is 2.25. The van der Waals surface area contributed by atoms with Crippen LogP contribution in [0.3, 0.4) is 0 Å². The third-order valence-corrected chi connectivity index (χ3v) is 2.00. The van der Waals surface area contributed by atoms with Crippen molar-refractivity contribution in [3.05, 3.63) is 28.8 Å². The molecule has 2 nitrogen and oxygen atoms in total. The molecule has 0 bridgehead atoms. The first kappa shape index (κ1) is 11.3. The van der Waals surface area contributed by atoms with Gasteiger partial charge in [-0.25, -0.2) is 4.98 Å². The van der Waals surface area contributed by atoms with Crippen molar-refractivity contribution in [2.45, 2.75) is 33.8 Å². The zero-order chi connectivity index (χ0) is 10.7. The van der Waals surface area contributed by atoms with E-state index in [-0.39, 0.29) is 6.10 Å². The minimum absolute atomic E-state index is 0.0950. The van der Waals surface area contributed by atoms with Crippen molar-refractivity contribution in [1.29, 1.82) is 0 Å². The molecule has 0 saturated carbocycles. The third kappa shape index (κ3) is 2.88. The fraction of sp³-hybridized carbons (Fsp3) is 0.455. The summed E-state index contributed by atoms with van der Waals surface area (Å²) in [6, 6.07) is 1.88. The molecule has 1 aromatic rings. The molecule has 0 fully saturated rings. The molecule has 0 aliphatic heterocycles. The molecule has 1 radical (unpaired) electrons. The van der Waals surface area contributed by atoms with Crippen molar-refractivity contribution in [1.82, 2.24) is 4.98 Å². The maximum Gasteiger partial charge on any atom is 0.232 e. The van der Waals surface area contributed by atoms with Crippen molar-refractivity contribution in [3.63, 3.8) is 0 Å². The molecule has 0 aliphatic carbocycles. The molecule has 1 rings (SSSR count). The van der Waals surface area contributed by atoms with Gasteiger partial charge >= 0.3 is 0 Å². The van der Waals surface area contributed by atoms with Crippen molar-refractivity contribution < 1.29 is 4.74 Å². The summed E-state index contributed by atoms with van der Waals surface area (Å²) in [4.78, 5) is 4.16. The van der Waals surface area contributed by atoms with Gasteiger partial charge in [0.25, 0.3) is 0 Å². The summed E-state index contributed by atoms with van der Waals surface area (Å²) in [7, 11) is 0. The Morgan fingerprint density at radius 3 is 2.50 bits per heavy atom. The van der Waals surface area contributed by atoms with Gasteiger partial charge in [-0.05, 0) is 25.5 Å². The van der Waals surface area contributed by atoms with Gasteiger partial charge < -0.3 is 4.74 Å². The molecule has 0 atom stereocenters. The highest BCUT2D eigenvalue weighted by molar-refractivity contribution is 6.31. The van der Waals surface area contributed by atoms with Crippen molar-refractivity contribution >= 4 is 11.6 Å². The Morgan fingerprint density at radius 2 is 2.07 bits per heavy atom. The number of hydrogen-bond donors (Lipinski definition) is 0. The van der Waals surface area contributed by atoms with Crippen LogP contribution in [-0.2, 0) is 0 Å². The first-order valence-corrected chi connectivity index (χ1v) is 5.01. The second-order valence-electron chi connectivity index (χ2n) is 3.68. The van der Waals surface area contributed by atoms with E-state index < -0.39 is 0 Å². The van der Waals surface area contributed by atoms with Gasteiger partial charge in [-0.2, -0.15) is 0 Å². The van der Waals surface area contributed by atoms with E-state index in [0.717, 1.165) is 5.56 Å². The van der Waals surface area contributed by atoms with Gasteiger partial charge in [0, 0.05) is 12.1 Å². The van der Waals surface area contributed by atoms with Gasteiger partial charge in [0.2, 0.25) is 5.88 Å². The second kappa shape index (κ2) is 4.65. The summed E-state index contributed by atoms with van der Waals surface area (Å²) >= 11 is 6.02. The Kier molecular flexibility index (Phi) is 3.76. The molecule has 14 heavy (non-hydrogen) atoms. The van der Waals surface area contributed by atoms with Gasteiger partial charge in [0.15, 0.2) is 0 Å². The average Bonchev–Trinajstić information content (AvgIpc) is 2.07. The normalized spacial score (nSPS) is 11.1. The monoisotopic (exact) mass is 212 g/mol. The second-order valence-corrected chi connectivity index (χ2v) is 4.08. The van der Waals surface area contributed by atoms with Crippen LogP contribution < -0.4 is 4.74 Å². The molecule has 1 aromatic heterocycles. The molecule has 0 unspecified atom stereocenters. The summed E-state index contributed by atoms with van der Waals surface area (Å²) in [5, 5.41) is 0.567. The van der Waals surface area contributed by atoms with Crippen LogP contribution in [-0.4, -0.2) is 11.1 Å². The number of hydrogen-bond acceptors (Lipinski definition) is 2. The zero-order valence-electron chi connectivity index (χ0n) is 8.97. The average molecular weight is 213 g/mol. The molecule has 0 aromatic carbocycles. The van der Waals surface area contributed by atoms with Gasteiger partial charge in [-0.15, -0.1) is 0 Å². The minimum Gasteiger partial charge on any atom is -0.474 e. The topological polar surface area (TPSA) is 22.1 Å². The predicted octanol–water partition coefficient (Wildman–Crippen LogP) is 3.48. The van der Waals surface area contributed by atoms with Crippen molar-refractivity contribution in [2.75, 3.05) is 0 Å². The van der Waals surface area contributed by atoms with Crippen LogP contribution >= 0.6 is 11.6 Å². The van der Waals surface area contributed by atoms with Crippen LogP contribution in [0.5, 0.6) is 5.88 Å². The Morgan fingerprint density at radius 1 is 1.43 bits per heavy atom. The van der Waals surface area contributed by atoms with Gasteiger partial charge in [-0.1, -0.05) is 25.4 Å². The maximum absolute atomic E-state index is 6.02. The standard InChI is InChI=1S/C11H15ClNO/c1-7(2)9-5-10(12)11(13-6-9)14-8(3)4/h5-6,8H,1-4H3. The van der Waals surface area contributed by atoms with Crippen LogP contribution in [0.1, 0.15) is 33.3 Å². The van der Waals surface area contributed by atoms with E-state index in [1.807, 2.05) is 33.8 Å². The minimum atomic E-state index is 0.0950. The molecule has 3 heteroatoms. The fourth-order valence-corrected chi connectivity index (χ4v) is 1.22. The van der Waals surface area contributed by atoms with E-state index in [4.69, 9.17) is 16.3 Å². The number of aromatic nitrogens is 1.